The first-order valence-corrected chi connectivity index (χ1v) is 11.3. The average molecular weight is 697 g/mol. The van der Waals surface area contributed by atoms with Crippen LogP contribution >= 0.6 is 46.4 Å². The van der Waals surface area contributed by atoms with Crippen molar-refractivity contribution in [1.82, 2.24) is 0 Å². The lowest BCUT2D eigenvalue weighted by Gasteiger charge is -2.31. The minimum absolute atomic E-state index is 0.725. The van der Waals surface area contributed by atoms with Crippen molar-refractivity contribution in [3.8, 4) is 0 Å². The first-order valence-electron chi connectivity index (χ1n) is 9.78. The molecule has 0 aromatic heterocycles. The van der Waals surface area contributed by atoms with Gasteiger partial charge in [0, 0.05) is 0 Å². The van der Waals surface area contributed by atoms with Gasteiger partial charge < -0.3 is 5.32 Å². The van der Waals surface area contributed by atoms with Gasteiger partial charge in [-0.25, -0.2) is 9.98 Å². The van der Waals surface area contributed by atoms with E-state index in [1.165, 1.54) is 0 Å². The Balaban J connectivity index is 3.09. The number of hydrogen-bond acceptors (Lipinski definition) is 1. The van der Waals surface area contributed by atoms with Crippen LogP contribution in [0.5, 0.6) is 0 Å². The highest BCUT2D eigenvalue weighted by atomic mass is 35.5. The fourth-order valence-electron chi connectivity index (χ4n) is 2.53. The summed E-state index contributed by atoms with van der Waals surface area (Å²) in [4.78, 5) is 4.56. The van der Waals surface area contributed by atoms with Crippen molar-refractivity contribution in [2.75, 3.05) is 5.32 Å². The maximum absolute atomic E-state index is 14.8. The minimum Gasteiger partial charge on any atom is -0.336 e. The van der Waals surface area contributed by atoms with Gasteiger partial charge in [0.1, 0.15) is 5.69 Å². The third kappa shape index (κ3) is 6.57. The average Bonchev–Trinajstić information content (AvgIpc) is 2.80. The number of anilines is 1. The summed E-state index contributed by atoms with van der Waals surface area (Å²) in [5.74, 6) is -34.8. The predicted octanol–water partition coefficient (Wildman–Crippen LogP) is 10.5. The lowest BCUT2D eigenvalue weighted by molar-refractivity contribution is -0.337. The van der Waals surface area contributed by atoms with Gasteiger partial charge in [0.2, 0.25) is 5.84 Å². The Bertz CT molecular complexity index is 1310. The van der Waals surface area contributed by atoms with Gasteiger partial charge in [-0.05, 0) is 24.3 Å². The van der Waals surface area contributed by atoms with E-state index in [0.29, 0.717) is 0 Å². The van der Waals surface area contributed by atoms with Crippen LogP contribution in [0.15, 0.2) is 46.4 Å². The second kappa shape index (κ2) is 11.4. The zero-order chi connectivity index (χ0) is 32.0. The number of rotatable bonds is 6. The molecule has 3 nitrogen and oxygen atoms in total. The molecule has 0 saturated heterocycles. The fraction of sp³-hybridized carbons (Fsp3) is 0.300. The second-order valence-electron chi connectivity index (χ2n) is 7.48. The van der Waals surface area contributed by atoms with E-state index in [1.807, 2.05) is 4.99 Å². The van der Waals surface area contributed by atoms with Crippen molar-refractivity contribution in [2.45, 2.75) is 36.0 Å². The number of aliphatic imine (C=N–C) groups is 2. The standard InChI is InChI=1S/C20H7Cl4F14N3/c21-7-3-1-4-8(22)11(7)39-13(15(25,26)17(29,30)19(33,34)35)41-14(16(27,28)18(31,32)20(36,37)38)40-12-9(23)5-2-6-10(12)24/h1-6H,(H,39,40,41). The summed E-state index contributed by atoms with van der Waals surface area (Å²) in [6.45, 7) is 0. The third-order valence-corrected chi connectivity index (χ3v) is 5.90. The zero-order valence-corrected chi connectivity index (χ0v) is 21.7. The van der Waals surface area contributed by atoms with E-state index in [-0.39, 0.29) is 0 Å². The largest absolute Gasteiger partial charge is 0.460 e. The van der Waals surface area contributed by atoms with E-state index in [0.717, 1.165) is 41.7 Å². The number of alkyl halides is 14. The van der Waals surface area contributed by atoms with Crippen LogP contribution in [-0.4, -0.2) is 47.7 Å². The highest BCUT2D eigenvalue weighted by molar-refractivity contribution is 6.40. The first-order chi connectivity index (χ1) is 18.3. The quantitative estimate of drug-likeness (QED) is 0.182. The molecule has 228 valence electrons. The number of halogens is 18. The van der Waals surface area contributed by atoms with Crippen LogP contribution in [0.4, 0.5) is 72.8 Å². The van der Waals surface area contributed by atoms with Gasteiger partial charge in [0.05, 0.1) is 25.8 Å². The van der Waals surface area contributed by atoms with E-state index < -0.39 is 79.2 Å². The topological polar surface area (TPSA) is 36.8 Å². The van der Waals surface area contributed by atoms with Crippen LogP contribution < -0.4 is 5.32 Å². The fourth-order valence-corrected chi connectivity index (χ4v) is 3.50. The van der Waals surface area contributed by atoms with E-state index in [4.69, 9.17) is 46.4 Å². The minimum atomic E-state index is -7.24. The molecule has 2 aromatic carbocycles. The van der Waals surface area contributed by atoms with E-state index in [2.05, 4.69) is 4.99 Å². The summed E-state index contributed by atoms with van der Waals surface area (Å²) in [5.41, 5.74) is -2.57. The molecule has 0 heterocycles. The summed E-state index contributed by atoms with van der Waals surface area (Å²) in [6, 6.07) is 4.88. The summed E-state index contributed by atoms with van der Waals surface area (Å²) in [6.07, 6.45) is -14.4. The molecular formula is C20H7Cl4F14N3. The third-order valence-electron chi connectivity index (χ3n) is 4.66. The van der Waals surface area contributed by atoms with Gasteiger partial charge in [-0.3, -0.25) is 0 Å². The van der Waals surface area contributed by atoms with Crippen LogP contribution in [0.1, 0.15) is 0 Å². The van der Waals surface area contributed by atoms with Gasteiger partial charge in [0.15, 0.2) is 5.84 Å². The molecule has 41 heavy (non-hydrogen) atoms. The molecule has 1 N–H and O–H groups in total. The van der Waals surface area contributed by atoms with Crippen molar-refractivity contribution < 1.29 is 61.5 Å². The van der Waals surface area contributed by atoms with E-state index in [9.17, 15) is 61.5 Å². The van der Waals surface area contributed by atoms with Crippen molar-refractivity contribution in [1.29, 1.82) is 0 Å². The van der Waals surface area contributed by atoms with Crippen molar-refractivity contribution >= 4 is 69.4 Å². The van der Waals surface area contributed by atoms with Gasteiger partial charge in [0.25, 0.3) is 0 Å². The summed E-state index contributed by atoms with van der Waals surface area (Å²) < 4.78 is 192. The highest BCUT2D eigenvalue weighted by Crippen LogP contribution is 2.50. The van der Waals surface area contributed by atoms with Gasteiger partial charge >= 0.3 is 36.0 Å². The molecule has 0 unspecified atom stereocenters. The van der Waals surface area contributed by atoms with Crippen LogP contribution in [0.2, 0.25) is 20.1 Å². The smallest absolute Gasteiger partial charge is 0.336 e. The molecule has 0 aliphatic rings. The van der Waals surface area contributed by atoms with Crippen molar-refractivity contribution in [3.63, 3.8) is 0 Å². The first kappa shape index (κ1) is 35.0. The normalized spacial score (nSPS) is 14.9. The molecule has 2 rings (SSSR count). The summed E-state index contributed by atoms with van der Waals surface area (Å²) in [5, 5.41) is -2.56. The number of nitrogens with zero attached hydrogens (tertiary/aromatic N) is 2. The maximum Gasteiger partial charge on any atom is 0.460 e. The predicted molar refractivity (Wildman–Crippen MR) is 123 cm³/mol. The van der Waals surface area contributed by atoms with Crippen LogP contribution in [0.25, 0.3) is 0 Å². The van der Waals surface area contributed by atoms with Gasteiger partial charge in [-0.15, -0.1) is 0 Å². The Morgan fingerprint density at radius 2 is 0.927 bits per heavy atom. The Hall–Kier alpha value is -2.24. The number of nitrogens with one attached hydrogen (secondary N) is 1. The van der Waals surface area contributed by atoms with Gasteiger partial charge in [-0.1, -0.05) is 58.5 Å². The Morgan fingerprint density at radius 1 is 0.561 bits per heavy atom. The lowest BCUT2D eigenvalue weighted by Crippen LogP contribution is -2.59. The Labute approximate surface area is 238 Å². The number of para-hydroxylation sites is 2. The van der Waals surface area contributed by atoms with Gasteiger partial charge in [-0.2, -0.15) is 61.5 Å². The molecular weight excluding hydrogens is 690 g/mol. The number of benzene rings is 2. The highest BCUT2D eigenvalue weighted by Gasteiger charge is 2.77. The molecule has 0 fully saturated rings. The molecule has 0 spiro atoms. The van der Waals surface area contributed by atoms with Crippen LogP contribution in [-0.2, 0) is 0 Å². The van der Waals surface area contributed by atoms with Crippen LogP contribution in [0.3, 0.4) is 0 Å². The molecule has 21 heteroatoms. The van der Waals surface area contributed by atoms with Crippen molar-refractivity contribution in [3.05, 3.63) is 56.5 Å². The molecule has 2 aromatic rings. The molecule has 0 aliphatic carbocycles. The Morgan fingerprint density at radius 3 is 1.32 bits per heavy atom. The Kier molecular flexibility index (Phi) is 9.76. The molecule has 0 atom stereocenters. The number of amidine groups is 2. The molecule has 0 amide bonds. The van der Waals surface area contributed by atoms with Crippen molar-refractivity contribution in [2.24, 2.45) is 9.98 Å². The zero-order valence-electron chi connectivity index (χ0n) is 18.7. The molecule has 0 bridgehead atoms. The number of hydrogen-bond donors (Lipinski definition) is 1. The summed E-state index contributed by atoms with van der Waals surface area (Å²) in [7, 11) is 0. The summed E-state index contributed by atoms with van der Waals surface area (Å²) >= 11 is 22.4. The second-order valence-corrected chi connectivity index (χ2v) is 9.11. The van der Waals surface area contributed by atoms with E-state index in [1.54, 1.807) is 0 Å². The molecule has 0 saturated carbocycles. The SMILES string of the molecule is FC(F)(F)C(F)(F)C(F)(F)C(=Nc1c(Cl)cccc1Cl)N=C(Nc1c(Cl)cccc1Cl)C(F)(F)C(F)(F)C(F)(F)F. The molecule has 0 radical (unpaired) electrons. The van der Waals surface area contributed by atoms with E-state index >= 15 is 0 Å². The maximum atomic E-state index is 14.8. The molecule has 0 aliphatic heterocycles. The lowest BCUT2D eigenvalue weighted by atomic mass is 10.1. The monoisotopic (exact) mass is 695 g/mol. The van der Waals surface area contributed by atoms with Crippen LogP contribution in [0, 0.1) is 0 Å².